The molecule has 1 fully saturated rings. The van der Waals surface area contributed by atoms with Crippen LogP contribution in [0.25, 0.3) is 11.0 Å². The van der Waals surface area contributed by atoms with Crippen molar-refractivity contribution in [1.29, 1.82) is 5.26 Å². The summed E-state index contributed by atoms with van der Waals surface area (Å²) in [6.07, 6.45) is 0.571. The monoisotopic (exact) mass is 459 g/mol. The van der Waals surface area contributed by atoms with Crippen molar-refractivity contribution in [2.75, 3.05) is 26.9 Å². The molecule has 0 bridgehead atoms. The molecule has 2 heterocycles. The number of amides is 1. The minimum absolute atomic E-state index is 0.103. The van der Waals surface area contributed by atoms with Crippen LogP contribution in [0.2, 0.25) is 0 Å². The lowest BCUT2D eigenvalue weighted by Crippen LogP contribution is -2.58. The minimum atomic E-state index is -1.20. The average molecular weight is 460 g/mol. The first kappa shape index (κ1) is 23.5. The lowest BCUT2D eigenvalue weighted by molar-refractivity contribution is -0.152. The maximum absolute atomic E-state index is 13.3. The Bertz CT molecular complexity index is 1120. The number of carbonyl (C=O) groups is 2. The molecule has 0 saturated carbocycles. The number of nitrogens with one attached hydrogen (secondary N) is 1. The number of thiol groups is 1. The highest BCUT2D eigenvalue weighted by molar-refractivity contribution is 7.84. The van der Waals surface area contributed by atoms with Crippen molar-refractivity contribution in [3.05, 3.63) is 39.6 Å². The van der Waals surface area contributed by atoms with Crippen LogP contribution in [0.5, 0.6) is 5.75 Å². The lowest BCUT2D eigenvalue weighted by atomic mass is 9.89. The Balaban J connectivity index is 2.02. The molecule has 1 aromatic carbocycles. The number of benzene rings is 1. The molecule has 0 atom stereocenters. The SMILES string of the molecule is COC(=O)C1(NC(=O)c2c(C)oc3c(C#N)cc(OC/C(S)=C(\C)N)cc23)CCOCC1. The van der Waals surface area contributed by atoms with Crippen LogP contribution in [0.15, 0.2) is 27.2 Å². The first-order chi connectivity index (χ1) is 15.2. The highest BCUT2D eigenvalue weighted by Crippen LogP contribution is 2.33. The second-order valence-electron chi connectivity index (χ2n) is 7.55. The molecule has 170 valence electrons. The van der Waals surface area contributed by atoms with E-state index in [1.54, 1.807) is 19.9 Å². The molecule has 0 aliphatic carbocycles. The highest BCUT2D eigenvalue weighted by atomic mass is 32.1. The van der Waals surface area contributed by atoms with Crippen LogP contribution in [0, 0.1) is 18.3 Å². The summed E-state index contributed by atoms with van der Waals surface area (Å²) in [6, 6.07) is 5.20. The van der Waals surface area contributed by atoms with E-state index in [1.165, 1.54) is 13.2 Å². The fourth-order valence-electron chi connectivity index (χ4n) is 3.58. The summed E-state index contributed by atoms with van der Waals surface area (Å²) in [5, 5.41) is 12.8. The van der Waals surface area contributed by atoms with Gasteiger partial charge in [-0.1, -0.05) is 0 Å². The summed E-state index contributed by atoms with van der Waals surface area (Å²) < 4.78 is 21.8. The van der Waals surface area contributed by atoms with Crippen molar-refractivity contribution in [3.63, 3.8) is 0 Å². The molecule has 2 aromatic rings. The minimum Gasteiger partial charge on any atom is -0.488 e. The Kier molecular flexibility index (Phi) is 7.01. The van der Waals surface area contributed by atoms with Gasteiger partial charge in [0.25, 0.3) is 5.91 Å². The van der Waals surface area contributed by atoms with E-state index < -0.39 is 17.4 Å². The van der Waals surface area contributed by atoms with Gasteiger partial charge in [0.2, 0.25) is 0 Å². The quantitative estimate of drug-likeness (QED) is 0.443. The maximum atomic E-state index is 13.3. The van der Waals surface area contributed by atoms with E-state index in [2.05, 4.69) is 24.0 Å². The van der Waals surface area contributed by atoms with Gasteiger partial charge >= 0.3 is 5.97 Å². The molecule has 1 aromatic heterocycles. The predicted octanol–water partition coefficient (Wildman–Crippen LogP) is 2.56. The number of ether oxygens (including phenoxy) is 3. The Morgan fingerprint density at radius 3 is 2.62 bits per heavy atom. The van der Waals surface area contributed by atoms with Gasteiger partial charge in [-0.25, -0.2) is 4.79 Å². The van der Waals surface area contributed by atoms with Crippen molar-refractivity contribution in [2.24, 2.45) is 5.73 Å². The third-order valence-electron chi connectivity index (χ3n) is 5.39. The van der Waals surface area contributed by atoms with Crippen LogP contribution in [-0.2, 0) is 14.3 Å². The Morgan fingerprint density at radius 1 is 1.34 bits per heavy atom. The Hall–Kier alpha value is -3.16. The van der Waals surface area contributed by atoms with Crippen molar-refractivity contribution in [2.45, 2.75) is 32.2 Å². The summed E-state index contributed by atoms with van der Waals surface area (Å²) in [5.41, 5.74) is 5.71. The number of carbonyl (C=O) groups excluding carboxylic acids is 2. The lowest BCUT2D eigenvalue weighted by Gasteiger charge is -2.35. The number of methoxy groups -OCH3 is 1. The molecule has 3 rings (SSSR count). The number of nitrogens with two attached hydrogens (primary N) is 1. The van der Waals surface area contributed by atoms with E-state index in [0.29, 0.717) is 40.7 Å². The number of hydrogen-bond donors (Lipinski definition) is 3. The van der Waals surface area contributed by atoms with Crippen LogP contribution >= 0.6 is 12.6 Å². The van der Waals surface area contributed by atoms with Crippen molar-refractivity contribution in [1.82, 2.24) is 5.32 Å². The standard InChI is InChI=1S/C22H25N3O6S/c1-12(24)17(32)11-30-15-8-14(10-23)19-16(9-15)18(13(2)31-19)20(26)25-22(21(27)28-3)4-6-29-7-5-22/h8-9,32H,4-7,11,24H2,1-3H3,(H,25,26)/b17-12-. The molecule has 1 amide bonds. The number of aryl methyl sites for hydroxylation is 1. The van der Waals surface area contributed by atoms with Crippen molar-refractivity contribution < 1.29 is 28.2 Å². The second kappa shape index (κ2) is 9.54. The Labute approximate surface area is 190 Å². The highest BCUT2D eigenvalue weighted by Gasteiger charge is 2.43. The summed E-state index contributed by atoms with van der Waals surface area (Å²) >= 11 is 4.27. The van der Waals surface area contributed by atoms with E-state index in [0.717, 1.165) is 0 Å². The number of furan rings is 1. The molecule has 0 spiro atoms. The third-order valence-corrected chi connectivity index (χ3v) is 5.87. The molecule has 9 nitrogen and oxygen atoms in total. The van der Waals surface area contributed by atoms with Gasteiger partial charge < -0.3 is 29.7 Å². The first-order valence-electron chi connectivity index (χ1n) is 9.95. The fourth-order valence-corrected chi connectivity index (χ4v) is 3.65. The molecule has 1 aliphatic rings. The van der Waals surface area contributed by atoms with E-state index >= 15 is 0 Å². The number of nitrogens with zero attached hydrogens (tertiary/aromatic N) is 1. The molecule has 10 heteroatoms. The van der Waals surface area contributed by atoms with Crippen LogP contribution in [0.4, 0.5) is 0 Å². The molecule has 0 unspecified atom stereocenters. The van der Waals surface area contributed by atoms with Gasteiger partial charge in [0.05, 0.1) is 18.2 Å². The van der Waals surface area contributed by atoms with Gasteiger partial charge in [-0.15, -0.1) is 12.6 Å². The number of allylic oxidation sites excluding steroid dienone is 1. The topological polar surface area (TPSA) is 137 Å². The number of rotatable bonds is 6. The van der Waals surface area contributed by atoms with Crippen LogP contribution < -0.4 is 15.8 Å². The summed E-state index contributed by atoms with van der Waals surface area (Å²) in [4.78, 5) is 26.4. The molecule has 1 aliphatic heterocycles. The molecule has 32 heavy (non-hydrogen) atoms. The summed E-state index contributed by atoms with van der Waals surface area (Å²) in [5.74, 6) is -0.384. The van der Waals surface area contributed by atoms with E-state index in [9.17, 15) is 14.9 Å². The van der Waals surface area contributed by atoms with Crippen molar-refractivity contribution >= 4 is 35.5 Å². The Morgan fingerprint density at radius 2 is 2.03 bits per heavy atom. The zero-order chi connectivity index (χ0) is 23.5. The maximum Gasteiger partial charge on any atom is 0.331 e. The fraction of sp³-hybridized carbons (Fsp3) is 0.409. The second-order valence-corrected chi connectivity index (χ2v) is 8.09. The van der Waals surface area contributed by atoms with Gasteiger partial charge in [-0.3, -0.25) is 4.79 Å². The zero-order valence-electron chi connectivity index (χ0n) is 18.1. The summed E-state index contributed by atoms with van der Waals surface area (Å²) in [6.45, 7) is 4.06. The zero-order valence-corrected chi connectivity index (χ0v) is 19.0. The number of hydrogen-bond acceptors (Lipinski definition) is 9. The van der Waals surface area contributed by atoms with Gasteiger partial charge in [-0.2, -0.15) is 5.26 Å². The van der Waals surface area contributed by atoms with Gasteiger partial charge in [0, 0.05) is 48.1 Å². The van der Waals surface area contributed by atoms with Gasteiger partial charge in [-0.05, 0) is 19.9 Å². The van der Waals surface area contributed by atoms with Crippen molar-refractivity contribution in [3.8, 4) is 11.8 Å². The van der Waals surface area contributed by atoms with Crippen LogP contribution in [-0.4, -0.2) is 44.3 Å². The molecule has 0 radical (unpaired) electrons. The largest absolute Gasteiger partial charge is 0.488 e. The molecule has 3 N–H and O–H groups in total. The number of fused-ring (bicyclic) bond motifs is 1. The molecular weight excluding hydrogens is 434 g/mol. The molecule has 1 saturated heterocycles. The van der Waals surface area contributed by atoms with Gasteiger partial charge in [0.15, 0.2) is 5.58 Å². The summed E-state index contributed by atoms with van der Waals surface area (Å²) in [7, 11) is 1.28. The first-order valence-corrected chi connectivity index (χ1v) is 10.4. The van der Waals surface area contributed by atoms with E-state index in [-0.39, 0.29) is 36.2 Å². The van der Waals surface area contributed by atoms with Crippen LogP contribution in [0.1, 0.15) is 41.4 Å². The molecular formula is C22H25N3O6S. The third kappa shape index (κ3) is 4.54. The normalized spacial score (nSPS) is 16.1. The number of esters is 1. The smallest absolute Gasteiger partial charge is 0.331 e. The van der Waals surface area contributed by atoms with Crippen LogP contribution in [0.3, 0.4) is 0 Å². The predicted molar refractivity (Wildman–Crippen MR) is 119 cm³/mol. The average Bonchev–Trinajstić information content (AvgIpc) is 3.12. The van der Waals surface area contributed by atoms with E-state index in [1.807, 2.05) is 0 Å². The number of nitriles is 1. The van der Waals surface area contributed by atoms with Gasteiger partial charge in [0.1, 0.15) is 29.7 Å². The van der Waals surface area contributed by atoms with E-state index in [4.69, 9.17) is 24.4 Å².